The first-order chi connectivity index (χ1) is 16.3. The van der Waals surface area contributed by atoms with Crippen LogP contribution in [0.1, 0.15) is 35.8 Å². The van der Waals surface area contributed by atoms with Crippen LogP contribution in [0.4, 0.5) is 17.6 Å². The molecule has 11 heteroatoms. The van der Waals surface area contributed by atoms with Gasteiger partial charge in [-0.2, -0.15) is 13.2 Å². The van der Waals surface area contributed by atoms with Crippen LogP contribution in [0.15, 0.2) is 48.0 Å². The smallest absolute Gasteiger partial charge is 0.342 e. The van der Waals surface area contributed by atoms with E-state index < -0.39 is 11.7 Å². The molecule has 0 spiro atoms. The van der Waals surface area contributed by atoms with Crippen molar-refractivity contribution in [1.29, 1.82) is 0 Å². The molecule has 1 saturated heterocycles. The number of pyridine rings is 1. The number of halogens is 4. The summed E-state index contributed by atoms with van der Waals surface area (Å²) < 4.78 is 54.4. The standard InChI is InChI=1S/C23H19F4N5OS/c24-17-5-1-3-14(9-17)22-28-18(13-34-22)10-20(33)31-8-2-4-15(11-31)21-30-29-19-7-6-16(12-32(19)21)23(25,26)27/h1,3,5-7,9,12-13,15H,2,4,8,10-11H2. The molecule has 5 rings (SSSR count). The highest BCUT2D eigenvalue weighted by atomic mass is 32.1. The zero-order valence-electron chi connectivity index (χ0n) is 17.8. The Bertz CT molecular complexity index is 1350. The van der Waals surface area contributed by atoms with Gasteiger partial charge in [0.25, 0.3) is 0 Å². The van der Waals surface area contributed by atoms with Crippen LogP contribution < -0.4 is 0 Å². The van der Waals surface area contributed by atoms with Gasteiger partial charge in [0.2, 0.25) is 5.91 Å². The fourth-order valence-electron chi connectivity index (χ4n) is 4.18. The number of hydrogen-bond acceptors (Lipinski definition) is 5. The quantitative estimate of drug-likeness (QED) is 0.380. The van der Waals surface area contributed by atoms with Gasteiger partial charge in [-0.25, -0.2) is 9.37 Å². The van der Waals surface area contributed by atoms with E-state index in [1.54, 1.807) is 22.4 Å². The molecule has 176 valence electrons. The van der Waals surface area contributed by atoms with E-state index in [1.165, 1.54) is 33.9 Å². The van der Waals surface area contributed by atoms with Crippen molar-refractivity contribution >= 4 is 22.9 Å². The van der Waals surface area contributed by atoms with Crippen LogP contribution in [-0.4, -0.2) is 43.5 Å². The molecular weight excluding hydrogens is 470 g/mol. The van der Waals surface area contributed by atoms with Crippen molar-refractivity contribution in [3.63, 3.8) is 0 Å². The Balaban J connectivity index is 1.31. The Morgan fingerprint density at radius 3 is 2.82 bits per heavy atom. The average Bonchev–Trinajstić information content (AvgIpc) is 3.45. The van der Waals surface area contributed by atoms with Gasteiger partial charge in [-0.05, 0) is 37.1 Å². The summed E-state index contributed by atoms with van der Waals surface area (Å²) >= 11 is 1.34. The lowest BCUT2D eigenvalue weighted by Crippen LogP contribution is -2.40. The zero-order chi connectivity index (χ0) is 23.9. The maximum absolute atomic E-state index is 13.5. The maximum Gasteiger partial charge on any atom is 0.417 e. The van der Waals surface area contributed by atoms with E-state index in [2.05, 4.69) is 15.2 Å². The summed E-state index contributed by atoms with van der Waals surface area (Å²) in [5.41, 5.74) is 0.805. The number of fused-ring (bicyclic) bond motifs is 1. The van der Waals surface area contributed by atoms with Gasteiger partial charge in [-0.15, -0.1) is 21.5 Å². The second kappa shape index (κ2) is 8.79. The average molecular weight is 489 g/mol. The number of thiazole rings is 1. The van der Waals surface area contributed by atoms with E-state index in [0.717, 1.165) is 12.3 Å². The van der Waals surface area contributed by atoms with Gasteiger partial charge in [0.05, 0.1) is 17.7 Å². The molecular formula is C23H19F4N5OS. The molecule has 1 unspecified atom stereocenters. The number of carbonyl (C=O) groups is 1. The van der Waals surface area contributed by atoms with Crippen molar-refractivity contribution in [2.24, 2.45) is 0 Å². The number of piperidine rings is 1. The Labute approximate surface area is 195 Å². The van der Waals surface area contributed by atoms with Crippen LogP contribution in [0.5, 0.6) is 0 Å². The lowest BCUT2D eigenvalue weighted by atomic mass is 9.96. The first-order valence-corrected chi connectivity index (χ1v) is 11.6. The molecule has 3 aromatic heterocycles. The molecule has 0 saturated carbocycles. The molecule has 4 aromatic rings. The Morgan fingerprint density at radius 2 is 2.03 bits per heavy atom. The molecule has 1 aliphatic heterocycles. The summed E-state index contributed by atoms with van der Waals surface area (Å²) in [6, 6.07) is 8.40. The van der Waals surface area contributed by atoms with Crippen LogP contribution in [0.25, 0.3) is 16.2 Å². The van der Waals surface area contributed by atoms with Crippen molar-refractivity contribution in [1.82, 2.24) is 24.5 Å². The number of nitrogens with zero attached hydrogens (tertiary/aromatic N) is 5. The minimum Gasteiger partial charge on any atom is -0.342 e. The van der Waals surface area contributed by atoms with Gasteiger partial charge in [0, 0.05) is 36.1 Å². The highest BCUT2D eigenvalue weighted by Gasteiger charge is 2.33. The van der Waals surface area contributed by atoms with Crippen molar-refractivity contribution in [3.05, 3.63) is 70.9 Å². The molecule has 34 heavy (non-hydrogen) atoms. The van der Waals surface area contributed by atoms with Gasteiger partial charge in [-0.1, -0.05) is 12.1 Å². The summed E-state index contributed by atoms with van der Waals surface area (Å²) in [5, 5.41) is 10.5. The van der Waals surface area contributed by atoms with Gasteiger partial charge in [-0.3, -0.25) is 9.20 Å². The molecule has 0 aliphatic carbocycles. The minimum absolute atomic E-state index is 0.0946. The van der Waals surface area contributed by atoms with Crippen LogP contribution in [0.3, 0.4) is 0 Å². The number of hydrogen-bond donors (Lipinski definition) is 0. The maximum atomic E-state index is 13.5. The van der Waals surface area contributed by atoms with E-state index in [0.29, 0.717) is 53.7 Å². The molecule has 0 N–H and O–H groups in total. The Hall–Kier alpha value is -3.34. The predicted molar refractivity (Wildman–Crippen MR) is 118 cm³/mol. The first kappa shape index (κ1) is 22.5. The molecule has 1 atom stereocenters. The van der Waals surface area contributed by atoms with E-state index >= 15 is 0 Å². The fourth-order valence-corrected chi connectivity index (χ4v) is 4.99. The number of amides is 1. The Kier molecular flexibility index (Phi) is 5.80. The van der Waals surface area contributed by atoms with E-state index in [4.69, 9.17) is 0 Å². The molecule has 0 radical (unpaired) electrons. The highest BCUT2D eigenvalue weighted by Crippen LogP contribution is 2.32. The van der Waals surface area contributed by atoms with E-state index in [9.17, 15) is 22.4 Å². The number of benzene rings is 1. The normalized spacial score (nSPS) is 16.8. The third-order valence-electron chi connectivity index (χ3n) is 5.85. The SMILES string of the molecule is O=C(Cc1csc(-c2cccc(F)c2)n1)N1CCCC(c2nnc3ccc(C(F)(F)F)cn23)C1. The fraction of sp³-hybridized carbons (Fsp3) is 0.304. The van der Waals surface area contributed by atoms with E-state index in [1.807, 2.05) is 0 Å². The number of likely N-dealkylation sites (tertiary alicyclic amines) is 1. The molecule has 1 fully saturated rings. The third-order valence-corrected chi connectivity index (χ3v) is 6.79. The van der Waals surface area contributed by atoms with Crippen LogP contribution in [-0.2, 0) is 17.4 Å². The van der Waals surface area contributed by atoms with Crippen LogP contribution >= 0.6 is 11.3 Å². The summed E-state index contributed by atoms with van der Waals surface area (Å²) in [5.74, 6) is -0.284. The van der Waals surface area contributed by atoms with Crippen LogP contribution in [0.2, 0.25) is 0 Å². The molecule has 0 bridgehead atoms. The first-order valence-electron chi connectivity index (χ1n) is 10.7. The number of rotatable bonds is 4. The summed E-state index contributed by atoms with van der Waals surface area (Å²) in [6.07, 6.45) is -1.97. The number of alkyl halides is 3. The minimum atomic E-state index is -4.47. The molecule has 4 heterocycles. The van der Waals surface area contributed by atoms with Gasteiger partial charge in [0.15, 0.2) is 5.65 Å². The predicted octanol–water partition coefficient (Wildman–Crippen LogP) is 4.96. The van der Waals surface area contributed by atoms with E-state index in [-0.39, 0.29) is 24.1 Å². The number of aromatic nitrogens is 4. The van der Waals surface area contributed by atoms with Crippen molar-refractivity contribution < 1.29 is 22.4 Å². The molecule has 6 nitrogen and oxygen atoms in total. The summed E-state index contributed by atoms with van der Waals surface area (Å²) in [6.45, 7) is 0.900. The lowest BCUT2D eigenvalue weighted by molar-refractivity contribution is -0.137. The third kappa shape index (κ3) is 4.52. The monoisotopic (exact) mass is 489 g/mol. The van der Waals surface area contributed by atoms with Gasteiger partial charge >= 0.3 is 6.18 Å². The largest absolute Gasteiger partial charge is 0.417 e. The zero-order valence-corrected chi connectivity index (χ0v) is 18.6. The topological polar surface area (TPSA) is 63.4 Å². The second-order valence-electron chi connectivity index (χ2n) is 8.21. The molecule has 1 aliphatic rings. The summed E-state index contributed by atoms with van der Waals surface area (Å²) in [4.78, 5) is 19.1. The Morgan fingerprint density at radius 1 is 1.18 bits per heavy atom. The van der Waals surface area contributed by atoms with Gasteiger partial charge in [0.1, 0.15) is 16.6 Å². The van der Waals surface area contributed by atoms with Gasteiger partial charge < -0.3 is 4.90 Å². The molecule has 1 amide bonds. The lowest BCUT2D eigenvalue weighted by Gasteiger charge is -2.32. The summed E-state index contributed by atoms with van der Waals surface area (Å²) in [7, 11) is 0. The van der Waals surface area contributed by atoms with Crippen molar-refractivity contribution in [2.45, 2.75) is 31.4 Å². The van der Waals surface area contributed by atoms with Crippen LogP contribution in [0, 0.1) is 5.82 Å². The van der Waals surface area contributed by atoms with Crippen molar-refractivity contribution in [2.75, 3.05) is 13.1 Å². The highest BCUT2D eigenvalue weighted by molar-refractivity contribution is 7.13. The molecule has 1 aromatic carbocycles. The second-order valence-corrected chi connectivity index (χ2v) is 9.07. The number of carbonyl (C=O) groups excluding carboxylic acids is 1. The van der Waals surface area contributed by atoms with Crippen molar-refractivity contribution in [3.8, 4) is 10.6 Å².